The van der Waals surface area contributed by atoms with E-state index in [-0.39, 0.29) is 5.91 Å². The van der Waals surface area contributed by atoms with Crippen LogP contribution in [0.15, 0.2) is 91.0 Å². The zero-order valence-electron chi connectivity index (χ0n) is 21.6. The molecule has 0 fully saturated rings. The zero-order chi connectivity index (χ0) is 27.1. The second-order valence-electron chi connectivity index (χ2n) is 8.75. The highest BCUT2D eigenvalue weighted by atomic mass is 16.5. The third kappa shape index (κ3) is 6.32. The van der Waals surface area contributed by atoms with Crippen molar-refractivity contribution in [3.63, 3.8) is 0 Å². The molecule has 4 aromatic carbocycles. The van der Waals surface area contributed by atoms with Gasteiger partial charge in [-0.1, -0.05) is 60.2 Å². The second-order valence-corrected chi connectivity index (χ2v) is 8.75. The number of hydrogen-bond acceptors (Lipinski definition) is 6. The molecule has 38 heavy (non-hydrogen) atoms. The molecule has 0 spiro atoms. The Morgan fingerprint density at radius 1 is 0.895 bits per heavy atom. The first-order chi connectivity index (χ1) is 18.4. The van der Waals surface area contributed by atoms with Gasteiger partial charge in [-0.2, -0.15) is 0 Å². The van der Waals surface area contributed by atoms with Gasteiger partial charge in [-0.25, -0.2) is 0 Å². The van der Waals surface area contributed by atoms with Crippen LogP contribution in [0.25, 0.3) is 11.6 Å². The summed E-state index contributed by atoms with van der Waals surface area (Å²) in [5.41, 5.74) is 11.5. The van der Waals surface area contributed by atoms with E-state index < -0.39 is 6.23 Å². The van der Waals surface area contributed by atoms with Gasteiger partial charge < -0.3 is 30.9 Å². The van der Waals surface area contributed by atoms with Crippen LogP contribution in [0.1, 0.15) is 28.5 Å². The lowest BCUT2D eigenvalue weighted by atomic mass is 10.0. The van der Waals surface area contributed by atoms with E-state index in [0.29, 0.717) is 39.7 Å². The number of anilines is 3. The molecule has 0 bridgehead atoms. The summed E-state index contributed by atoms with van der Waals surface area (Å²) in [5.74, 6) is 0.912. The number of amides is 1. The maximum absolute atomic E-state index is 13.5. The number of carbonyl (C=O) groups is 1. The Morgan fingerprint density at radius 3 is 2.24 bits per heavy atom. The number of aliphatic hydroxyl groups excluding tert-OH is 1. The summed E-state index contributed by atoms with van der Waals surface area (Å²) in [4.78, 5) is 13.5. The molecule has 0 aliphatic heterocycles. The van der Waals surface area contributed by atoms with Gasteiger partial charge in [-0.3, -0.25) is 4.79 Å². The van der Waals surface area contributed by atoms with Gasteiger partial charge >= 0.3 is 0 Å². The van der Waals surface area contributed by atoms with E-state index in [1.165, 1.54) is 0 Å². The summed E-state index contributed by atoms with van der Waals surface area (Å²) >= 11 is 0. The van der Waals surface area contributed by atoms with Gasteiger partial charge in [0.25, 0.3) is 5.91 Å². The fourth-order valence-corrected chi connectivity index (χ4v) is 3.93. The van der Waals surface area contributed by atoms with E-state index in [4.69, 9.17) is 15.2 Å². The number of nitrogen functional groups attached to an aromatic ring is 1. The number of ether oxygens (including phenoxy) is 2. The lowest BCUT2D eigenvalue weighted by molar-refractivity contribution is -0.111. The van der Waals surface area contributed by atoms with Crippen LogP contribution in [0.5, 0.6) is 11.5 Å². The van der Waals surface area contributed by atoms with Gasteiger partial charge in [0, 0.05) is 16.8 Å². The van der Waals surface area contributed by atoms with Crippen LogP contribution in [0, 0.1) is 6.92 Å². The predicted octanol–water partition coefficient (Wildman–Crippen LogP) is 5.88. The fraction of sp³-hybridized carbons (Fsp3) is 0.129. The molecule has 4 aromatic rings. The Kier molecular flexibility index (Phi) is 8.30. The molecular formula is C31H31N3O4. The molecular weight excluding hydrogens is 478 g/mol. The molecule has 0 aliphatic rings. The highest BCUT2D eigenvalue weighted by Crippen LogP contribution is 2.30. The molecule has 1 atom stereocenters. The second kappa shape index (κ2) is 12.0. The number of para-hydroxylation sites is 2. The Balaban J connectivity index is 1.56. The number of rotatable bonds is 9. The van der Waals surface area contributed by atoms with Crippen LogP contribution in [0.3, 0.4) is 0 Å². The molecule has 0 heterocycles. The number of benzene rings is 4. The van der Waals surface area contributed by atoms with Crippen molar-refractivity contribution in [3.05, 3.63) is 113 Å². The Hall–Kier alpha value is -4.75. The lowest BCUT2D eigenvalue weighted by Crippen LogP contribution is -2.14. The maximum atomic E-state index is 13.5. The zero-order valence-corrected chi connectivity index (χ0v) is 21.6. The molecule has 0 saturated carbocycles. The summed E-state index contributed by atoms with van der Waals surface area (Å²) in [7, 11) is 3.15. The number of aryl methyl sites for hydroxylation is 1. The van der Waals surface area contributed by atoms with Gasteiger partial charge in [0.05, 0.1) is 25.6 Å². The average Bonchev–Trinajstić information content (AvgIpc) is 2.93. The van der Waals surface area contributed by atoms with Gasteiger partial charge in [-0.05, 0) is 60.5 Å². The number of nitrogens with two attached hydrogens (primary N) is 1. The Morgan fingerprint density at radius 2 is 1.58 bits per heavy atom. The molecule has 0 aliphatic carbocycles. The van der Waals surface area contributed by atoms with E-state index in [0.717, 1.165) is 16.7 Å². The van der Waals surface area contributed by atoms with Gasteiger partial charge in [0.15, 0.2) is 17.7 Å². The summed E-state index contributed by atoms with van der Waals surface area (Å²) in [6.45, 7) is 2.00. The summed E-state index contributed by atoms with van der Waals surface area (Å²) in [5, 5.41) is 16.5. The number of carbonyl (C=O) groups excluding carboxylic acids is 1. The van der Waals surface area contributed by atoms with E-state index in [1.54, 1.807) is 56.7 Å². The molecule has 1 amide bonds. The molecule has 194 valence electrons. The average molecular weight is 510 g/mol. The van der Waals surface area contributed by atoms with E-state index in [1.807, 2.05) is 61.5 Å². The standard InChI is InChI=1S/C31H31N3O4/c1-20-8-11-22(12-9-20)25(18-21-10-17-28(37-2)29(19-21)38-3)31(36)33-24-15-13-23(14-16-24)30(35)34-27-7-5-4-6-26(27)32/h4-19,30,34-35H,32H2,1-3H3,(H,33,36)/b25-18+. The summed E-state index contributed by atoms with van der Waals surface area (Å²) in [6, 6.07) is 27.5. The smallest absolute Gasteiger partial charge is 0.256 e. The minimum atomic E-state index is -0.961. The van der Waals surface area contributed by atoms with E-state index >= 15 is 0 Å². The van der Waals surface area contributed by atoms with Crippen LogP contribution in [-0.4, -0.2) is 25.2 Å². The van der Waals surface area contributed by atoms with Gasteiger partial charge in [-0.15, -0.1) is 0 Å². The van der Waals surface area contributed by atoms with Crippen LogP contribution in [-0.2, 0) is 4.79 Å². The van der Waals surface area contributed by atoms with Crippen molar-refractivity contribution >= 4 is 34.6 Å². The first-order valence-corrected chi connectivity index (χ1v) is 12.1. The van der Waals surface area contributed by atoms with Gasteiger partial charge in [0.1, 0.15) is 0 Å². The monoisotopic (exact) mass is 509 g/mol. The molecule has 0 saturated heterocycles. The number of aliphatic hydroxyl groups is 1. The first-order valence-electron chi connectivity index (χ1n) is 12.1. The Labute approximate surface area is 222 Å². The normalized spacial score (nSPS) is 11.9. The number of nitrogens with one attached hydrogen (secondary N) is 2. The molecule has 7 heteroatoms. The van der Waals surface area contributed by atoms with Crippen molar-refractivity contribution in [3.8, 4) is 11.5 Å². The highest BCUT2D eigenvalue weighted by molar-refractivity contribution is 6.29. The molecule has 4 rings (SSSR count). The molecule has 5 N–H and O–H groups in total. The summed E-state index contributed by atoms with van der Waals surface area (Å²) in [6.07, 6.45) is 0.853. The van der Waals surface area contributed by atoms with E-state index in [9.17, 15) is 9.90 Å². The minimum Gasteiger partial charge on any atom is -0.493 e. The Bertz CT molecular complexity index is 1430. The van der Waals surface area contributed by atoms with Crippen molar-refractivity contribution in [2.24, 2.45) is 0 Å². The maximum Gasteiger partial charge on any atom is 0.256 e. The molecule has 0 aromatic heterocycles. The molecule has 1 unspecified atom stereocenters. The quantitative estimate of drug-likeness (QED) is 0.0972. The van der Waals surface area contributed by atoms with Crippen molar-refractivity contribution in [1.82, 2.24) is 0 Å². The minimum absolute atomic E-state index is 0.271. The van der Waals surface area contributed by atoms with Crippen molar-refractivity contribution in [2.75, 3.05) is 30.6 Å². The van der Waals surface area contributed by atoms with Crippen molar-refractivity contribution in [2.45, 2.75) is 13.2 Å². The van der Waals surface area contributed by atoms with Crippen LogP contribution < -0.4 is 25.8 Å². The van der Waals surface area contributed by atoms with Crippen molar-refractivity contribution in [1.29, 1.82) is 0 Å². The highest BCUT2D eigenvalue weighted by Gasteiger charge is 2.15. The van der Waals surface area contributed by atoms with Crippen LogP contribution >= 0.6 is 0 Å². The van der Waals surface area contributed by atoms with Crippen molar-refractivity contribution < 1.29 is 19.4 Å². The fourth-order valence-electron chi connectivity index (χ4n) is 3.93. The molecule has 0 radical (unpaired) electrons. The van der Waals surface area contributed by atoms with Gasteiger partial charge in [0.2, 0.25) is 0 Å². The SMILES string of the molecule is COc1ccc(/C=C(/C(=O)Nc2ccc(C(O)Nc3ccccc3N)cc2)c2ccc(C)cc2)cc1OC. The first kappa shape index (κ1) is 26.3. The summed E-state index contributed by atoms with van der Waals surface area (Å²) < 4.78 is 10.8. The van der Waals surface area contributed by atoms with E-state index in [2.05, 4.69) is 10.6 Å². The predicted molar refractivity (Wildman–Crippen MR) is 153 cm³/mol. The van der Waals surface area contributed by atoms with Crippen LogP contribution in [0.2, 0.25) is 0 Å². The molecule has 7 nitrogen and oxygen atoms in total. The number of methoxy groups -OCH3 is 2. The largest absolute Gasteiger partial charge is 0.493 e. The topological polar surface area (TPSA) is 106 Å². The third-order valence-corrected chi connectivity index (χ3v) is 6.06. The number of hydrogen-bond donors (Lipinski definition) is 4. The van der Waals surface area contributed by atoms with Crippen LogP contribution in [0.4, 0.5) is 17.1 Å². The lowest BCUT2D eigenvalue weighted by Gasteiger charge is -2.17. The third-order valence-electron chi connectivity index (χ3n) is 6.06.